The lowest BCUT2D eigenvalue weighted by atomic mass is 10.1. The van der Waals surface area contributed by atoms with E-state index in [0.717, 1.165) is 16.7 Å². The largest absolute Gasteiger partial charge is 0.352 e. The zero-order valence-electron chi connectivity index (χ0n) is 18.8. The Morgan fingerprint density at radius 1 is 1.03 bits per heavy atom. The fraction of sp³-hybridized carbons (Fsp3) is 0.261. The van der Waals surface area contributed by atoms with Crippen molar-refractivity contribution in [1.29, 1.82) is 0 Å². The number of benzene rings is 1. The molecule has 5 aromatic rings. The lowest BCUT2D eigenvalue weighted by Crippen LogP contribution is -2.40. The maximum Gasteiger partial charge on any atom is 0.332 e. The Labute approximate surface area is 206 Å². The highest BCUT2D eigenvalue weighted by Crippen LogP contribution is 2.14. The number of aryl methyl sites for hydroxylation is 3. The van der Waals surface area contributed by atoms with Crippen LogP contribution >= 0.6 is 11.6 Å². The highest BCUT2D eigenvalue weighted by Gasteiger charge is 2.17. The van der Waals surface area contributed by atoms with Crippen LogP contribution in [0.15, 0.2) is 56.8 Å². The zero-order valence-corrected chi connectivity index (χ0v) is 19.6. The van der Waals surface area contributed by atoms with E-state index in [1.807, 2.05) is 29.1 Å². The molecule has 0 bridgehead atoms. The number of fused-ring (bicyclic) bond motifs is 1. The van der Waals surface area contributed by atoms with E-state index in [4.69, 9.17) is 16.1 Å². The molecule has 0 spiro atoms. The van der Waals surface area contributed by atoms with Crippen LogP contribution in [0.4, 0.5) is 8.78 Å². The molecule has 0 aliphatic carbocycles. The molecule has 0 amide bonds. The van der Waals surface area contributed by atoms with E-state index in [1.54, 1.807) is 0 Å². The Hall–Kier alpha value is -4.06. The molecule has 0 unspecified atom stereocenters. The van der Waals surface area contributed by atoms with Crippen LogP contribution in [0.3, 0.4) is 0 Å². The second-order valence-corrected chi connectivity index (χ2v) is 8.52. The summed E-state index contributed by atoms with van der Waals surface area (Å²) in [5.41, 5.74) is -0.436. The lowest BCUT2D eigenvalue weighted by molar-refractivity contribution is 0.366. The molecule has 36 heavy (non-hydrogen) atoms. The van der Waals surface area contributed by atoms with Gasteiger partial charge in [-0.2, -0.15) is 9.97 Å². The molecular formula is C23H20ClF2N7O3. The second-order valence-electron chi connectivity index (χ2n) is 8.16. The van der Waals surface area contributed by atoms with Gasteiger partial charge >= 0.3 is 5.69 Å². The highest BCUT2D eigenvalue weighted by molar-refractivity contribution is 6.28. The SMILES string of the molecule is O=c1c2[nH]c(Cl)nc2n(CCn2cccc2)c(=O)n1CCCc1nc(Cc2ccc(F)cc2F)no1. The summed E-state index contributed by atoms with van der Waals surface area (Å²) < 4.78 is 36.6. The van der Waals surface area contributed by atoms with E-state index in [1.165, 1.54) is 10.6 Å². The van der Waals surface area contributed by atoms with Gasteiger partial charge in [-0.3, -0.25) is 13.9 Å². The van der Waals surface area contributed by atoms with E-state index in [0.29, 0.717) is 19.5 Å². The van der Waals surface area contributed by atoms with Crippen molar-refractivity contribution in [3.8, 4) is 0 Å². The topological polar surface area (TPSA) is 117 Å². The molecule has 1 aromatic carbocycles. The summed E-state index contributed by atoms with van der Waals surface area (Å²) in [7, 11) is 0. The molecule has 5 rings (SSSR count). The van der Waals surface area contributed by atoms with Crippen LogP contribution in [0.25, 0.3) is 11.2 Å². The Morgan fingerprint density at radius 3 is 2.61 bits per heavy atom. The van der Waals surface area contributed by atoms with Gasteiger partial charge in [-0.1, -0.05) is 11.2 Å². The van der Waals surface area contributed by atoms with Crippen LogP contribution in [0, 0.1) is 11.6 Å². The molecule has 13 heteroatoms. The predicted molar refractivity (Wildman–Crippen MR) is 126 cm³/mol. The third-order valence-electron chi connectivity index (χ3n) is 5.73. The first-order chi connectivity index (χ1) is 17.4. The minimum absolute atomic E-state index is 0.0185. The normalized spacial score (nSPS) is 11.5. The van der Waals surface area contributed by atoms with Gasteiger partial charge in [0.15, 0.2) is 17.0 Å². The number of nitrogens with one attached hydrogen (secondary N) is 1. The van der Waals surface area contributed by atoms with Crippen molar-refractivity contribution >= 4 is 22.8 Å². The highest BCUT2D eigenvalue weighted by atomic mass is 35.5. The van der Waals surface area contributed by atoms with Crippen molar-refractivity contribution in [3.05, 3.63) is 97.8 Å². The van der Waals surface area contributed by atoms with Gasteiger partial charge in [0.05, 0.1) is 0 Å². The van der Waals surface area contributed by atoms with Crippen molar-refractivity contribution in [1.82, 2.24) is 33.8 Å². The number of imidazole rings is 1. The fourth-order valence-electron chi connectivity index (χ4n) is 3.96. The molecule has 4 aromatic heterocycles. The van der Waals surface area contributed by atoms with Gasteiger partial charge in [0.1, 0.15) is 11.6 Å². The van der Waals surface area contributed by atoms with Crippen LogP contribution in [-0.2, 0) is 32.5 Å². The first-order valence-electron chi connectivity index (χ1n) is 11.1. The maximum absolute atomic E-state index is 13.9. The monoisotopic (exact) mass is 515 g/mol. The standard InChI is InChI=1S/C23H20ClF2N7O3/c24-22-28-19-20(29-22)32(11-10-31-7-1-2-8-31)23(35)33(21(19)34)9-3-4-18-27-17(30-36-18)12-14-5-6-15(25)13-16(14)26/h1-2,5-8,13H,3-4,9-12H2,(H,28,29). The molecule has 4 heterocycles. The predicted octanol–water partition coefficient (Wildman–Crippen LogP) is 2.93. The molecule has 1 N–H and O–H groups in total. The zero-order chi connectivity index (χ0) is 25.2. The summed E-state index contributed by atoms with van der Waals surface area (Å²) in [5, 5.41) is 3.85. The quantitative estimate of drug-likeness (QED) is 0.302. The summed E-state index contributed by atoms with van der Waals surface area (Å²) in [6, 6.07) is 7.04. The third kappa shape index (κ3) is 4.85. The number of hydrogen-bond donors (Lipinski definition) is 1. The molecule has 0 aliphatic heterocycles. The van der Waals surface area contributed by atoms with E-state index >= 15 is 0 Å². The molecule has 0 radical (unpaired) electrons. The van der Waals surface area contributed by atoms with Gasteiger partial charge < -0.3 is 14.1 Å². The Morgan fingerprint density at radius 2 is 1.83 bits per heavy atom. The van der Waals surface area contributed by atoms with Gasteiger partial charge in [0, 0.05) is 50.9 Å². The van der Waals surface area contributed by atoms with Crippen molar-refractivity contribution < 1.29 is 13.3 Å². The summed E-state index contributed by atoms with van der Waals surface area (Å²) in [6.07, 6.45) is 4.43. The summed E-state index contributed by atoms with van der Waals surface area (Å²) in [5.74, 6) is -0.838. The van der Waals surface area contributed by atoms with Gasteiger partial charge in [-0.25, -0.2) is 13.6 Å². The van der Waals surface area contributed by atoms with Crippen LogP contribution in [0.5, 0.6) is 0 Å². The molecule has 186 valence electrons. The van der Waals surface area contributed by atoms with Crippen LogP contribution in [-0.4, -0.2) is 33.8 Å². The summed E-state index contributed by atoms with van der Waals surface area (Å²) >= 11 is 5.99. The van der Waals surface area contributed by atoms with Gasteiger partial charge in [0.25, 0.3) is 5.56 Å². The van der Waals surface area contributed by atoms with Crippen molar-refractivity contribution in [2.75, 3.05) is 0 Å². The molecular weight excluding hydrogens is 496 g/mol. The fourth-order valence-corrected chi connectivity index (χ4v) is 4.13. The average Bonchev–Trinajstić information content (AvgIpc) is 3.60. The van der Waals surface area contributed by atoms with E-state index < -0.39 is 22.9 Å². The molecule has 0 aliphatic rings. The number of H-pyrrole nitrogens is 1. The first kappa shape index (κ1) is 23.7. The average molecular weight is 516 g/mol. The van der Waals surface area contributed by atoms with Crippen molar-refractivity contribution in [2.24, 2.45) is 0 Å². The van der Waals surface area contributed by atoms with Crippen LogP contribution < -0.4 is 11.2 Å². The molecule has 0 saturated heterocycles. The number of aromatic nitrogens is 7. The van der Waals surface area contributed by atoms with E-state index in [-0.39, 0.29) is 53.1 Å². The summed E-state index contributed by atoms with van der Waals surface area (Å²) in [4.78, 5) is 37.2. The number of hydrogen-bond acceptors (Lipinski definition) is 6. The van der Waals surface area contributed by atoms with E-state index in [2.05, 4.69) is 20.1 Å². The van der Waals surface area contributed by atoms with Crippen LogP contribution in [0.2, 0.25) is 5.28 Å². The Kier molecular flexibility index (Phi) is 6.51. The third-order valence-corrected chi connectivity index (χ3v) is 5.91. The molecule has 0 saturated carbocycles. The first-order valence-corrected chi connectivity index (χ1v) is 11.5. The Balaban J connectivity index is 1.31. The van der Waals surface area contributed by atoms with E-state index in [9.17, 15) is 18.4 Å². The molecule has 0 fully saturated rings. The maximum atomic E-state index is 13.9. The van der Waals surface area contributed by atoms with Crippen molar-refractivity contribution in [2.45, 2.75) is 38.9 Å². The van der Waals surface area contributed by atoms with Gasteiger partial charge in [-0.15, -0.1) is 0 Å². The van der Waals surface area contributed by atoms with Crippen LogP contribution in [0.1, 0.15) is 23.7 Å². The van der Waals surface area contributed by atoms with Crippen molar-refractivity contribution in [3.63, 3.8) is 0 Å². The number of aromatic amines is 1. The Bertz CT molecular complexity index is 1640. The summed E-state index contributed by atoms with van der Waals surface area (Å²) in [6.45, 7) is 0.889. The minimum atomic E-state index is -0.692. The lowest BCUT2D eigenvalue weighted by Gasteiger charge is -2.11. The number of halogens is 3. The number of rotatable bonds is 9. The molecule has 0 atom stereocenters. The molecule has 10 nitrogen and oxygen atoms in total. The minimum Gasteiger partial charge on any atom is -0.352 e. The van der Waals surface area contributed by atoms with Gasteiger partial charge in [0.2, 0.25) is 11.2 Å². The smallest absolute Gasteiger partial charge is 0.332 e. The van der Waals surface area contributed by atoms with Gasteiger partial charge in [-0.05, 0) is 41.8 Å². The number of nitrogens with zero attached hydrogens (tertiary/aromatic N) is 6. The second kappa shape index (κ2) is 9.90.